The van der Waals surface area contributed by atoms with Crippen molar-refractivity contribution in [3.63, 3.8) is 0 Å². The van der Waals surface area contributed by atoms with E-state index in [4.69, 9.17) is 0 Å². The molecule has 1 rings (SSSR count). The second-order valence-corrected chi connectivity index (χ2v) is 4.59. The Labute approximate surface area is 60.2 Å². The Morgan fingerprint density at radius 2 is 1.78 bits per heavy atom. The number of rotatable bonds is 0. The van der Waals surface area contributed by atoms with Crippen molar-refractivity contribution in [3.8, 4) is 0 Å². The molecule has 1 fully saturated rings. The van der Waals surface area contributed by atoms with Gasteiger partial charge >= 0.3 is 0 Å². The zero-order valence-corrected chi connectivity index (χ0v) is 6.70. The summed E-state index contributed by atoms with van der Waals surface area (Å²) >= 11 is 1.92. The second kappa shape index (κ2) is 2.74. The third-order valence-electron chi connectivity index (χ3n) is 1.49. The van der Waals surface area contributed by atoms with Crippen LogP contribution < -0.4 is 0 Å². The highest BCUT2D eigenvalue weighted by Crippen LogP contribution is 2.28. The van der Waals surface area contributed by atoms with Crippen molar-refractivity contribution in [1.82, 2.24) is 0 Å². The lowest BCUT2D eigenvalue weighted by atomic mass is 10.1. The molecular weight excluding hydrogens is 132 g/mol. The summed E-state index contributed by atoms with van der Waals surface area (Å²) in [6.45, 7) is 4.25. The van der Waals surface area contributed by atoms with Crippen LogP contribution in [0.1, 0.15) is 26.7 Å². The van der Waals surface area contributed by atoms with Crippen molar-refractivity contribution >= 4 is 17.5 Å². The van der Waals surface area contributed by atoms with Gasteiger partial charge in [-0.3, -0.25) is 4.79 Å². The first-order chi connectivity index (χ1) is 4.18. The van der Waals surface area contributed by atoms with Crippen molar-refractivity contribution in [2.24, 2.45) is 0 Å². The van der Waals surface area contributed by atoms with Crippen LogP contribution in [0.2, 0.25) is 0 Å². The molecule has 2 heteroatoms. The van der Waals surface area contributed by atoms with Crippen molar-refractivity contribution in [1.29, 1.82) is 0 Å². The summed E-state index contributed by atoms with van der Waals surface area (Å²) in [5.74, 6) is 0.439. The van der Waals surface area contributed by atoms with Gasteiger partial charge in [-0.15, -0.1) is 0 Å². The minimum absolute atomic E-state index is 0.439. The number of hydrogen-bond donors (Lipinski definition) is 0. The fraction of sp³-hybridized carbons (Fsp3) is 0.857. The minimum atomic E-state index is 0.439. The highest BCUT2D eigenvalue weighted by Gasteiger charge is 2.21. The average molecular weight is 144 g/mol. The van der Waals surface area contributed by atoms with Gasteiger partial charge in [-0.2, -0.15) is 11.8 Å². The Kier molecular flexibility index (Phi) is 2.17. The number of thioether (sulfide) groups is 1. The Balaban J connectivity index is 2.43. The minimum Gasteiger partial charge on any atom is -0.300 e. The second-order valence-electron chi connectivity index (χ2n) is 2.70. The van der Waals surface area contributed by atoms with Crippen LogP contribution in [0.15, 0.2) is 0 Å². The molecule has 0 spiro atoms. The van der Waals surface area contributed by atoms with E-state index in [0.29, 0.717) is 16.3 Å². The molecule has 52 valence electrons. The summed E-state index contributed by atoms with van der Waals surface area (Å²) in [4.78, 5) is 10.9. The molecular formula is C7H12OS. The summed E-state index contributed by atoms with van der Waals surface area (Å²) < 4.78 is 0. The fourth-order valence-corrected chi connectivity index (χ4v) is 2.57. The lowest BCUT2D eigenvalue weighted by Gasteiger charge is -2.21. The summed E-state index contributed by atoms with van der Waals surface area (Å²) in [6, 6.07) is 0. The SMILES string of the molecule is C[C@H]1CC(=O)C[C@H](C)S1. The summed E-state index contributed by atoms with van der Waals surface area (Å²) in [7, 11) is 0. The van der Waals surface area contributed by atoms with E-state index in [1.807, 2.05) is 11.8 Å². The predicted molar refractivity (Wildman–Crippen MR) is 40.8 cm³/mol. The number of Topliss-reactive ketones (excluding diaryl/α,β-unsaturated/α-hetero) is 1. The van der Waals surface area contributed by atoms with Crippen LogP contribution in [-0.4, -0.2) is 16.3 Å². The molecule has 1 aliphatic rings. The van der Waals surface area contributed by atoms with Gasteiger partial charge in [0.05, 0.1) is 0 Å². The third kappa shape index (κ3) is 2.01. The number of hydrogen-bond acceptors (Lipinski definition) is 2. The molecule has 0 aromatic heterocycles. The van der Waals surface area contributed by atoms with E-state index < -0.39 is 0 Å². The maximum atomic E-state index is 10.9. The molecule has 1 aliphatic heterocycles. The molecule has 0 aromatic rings. The lowest BCUT2D eigenvalue weighted by molar-refractivity contribution is -0.119. The van der Waals surface area contributed by atoms with Gasteiger partial charge < -0.3 is 0 Å². The van der Waals surface area contributed by atoms with Crippen LogP contribution in [0, 0.1) is 0 Å². The van der Waals surface area contributed by atoms with Crippen molar-refractivity contribution < 1.29 is 4.79 Å². The van der Waals surface area contributed by atoms with Crippen LogP contribution in [0.3, 0.4) is 0 Å². The molecule has 0 bridgehead atoms. The lowest BCUT2D eigenvalue weighted by Crippen LogP contribution is -2.20. The van der Waals surface area contributed by atoms with Crippen LogP contribution in [0.4, 0.5) is 0 Å². The molecule has 9 heavy (non-hydrogen) atoms. The van der Waals surface area contributed by atoms with Gasteiger partial charge in [0, 0.05) is 23.3 Å². The monoisotopic (exact) mass is 144 g/mol. The number of ketones is 1. The van der Waals surface area contributed by atoms with Crippen LogP contribution in [-0.2, 0) is 4.79 Å². The zero-order valence-electron chi connectivity index (χ0n) is 5.89. The molecule has 1 saturated heterocycles. The Hall–Kier alpha value is 0.0200. The molecule has 1 heterocycles. The van der Waals surface area contributed by atoms with E-state index in [1.54, 1.807) is 0 Å². The van der Waals surface area contributed by atoms with E-state index in [2.05, 4.69) is 13.8 Å². The Morgan fingerprint density at radius 1 is 1.33 bits per heavy atom. The summed E-state index contributed by atoms with van der Waals surface area (Å²) in [5, 5.41) is 1.11. The van der Waals surface area contributed by atoms with Crippen LogP contribution in [0.25, 0.3) is 0 Å². The Bertz CT molecular complexity index is 110. The third-order valence-corrected chi connectivity index (χ3v) is 2.76. The predicted octanol–water partition coefficient (Wildman–Crippen LogP) is 1.86. The van der Waals surface area contributed by atoms with Crippen molar-refractivity contribution in [2.75, 3.05) is 0 Å². The molecule has 0 radical (unpaired) electrons. The van der Waals surface area contributed by atoms with E-state index in [-0.39, 0.29) is 0 Å². The highest BCUT2D eigenvalue weighted by molar-refractivity contribution is 8.00. The molecule has 0 aliphatic carbocycles. The first-order valence-electron chi connectivity index (χ1n) is 3.35. The van der Waals surface area contributed by atoms with Gasteiger partial charge in [-0.25, -0.2) is 0 Å². The topological polar surface area (TPSA) is 17.1 Å². The van der Waals surface area contributed by atoms with Crippen LogP contribution in [0.5, 0.6) is 0 Å². The molecule has 0 N–H and O–H groups in total. The molecule has 1 nitrogen and oxygen atoms in total. The largest absolute Gasteiger partial charge is 0.300 e. The number of carbonyl (C=O) groups is 1. The molecule has 0 aromatic carbocycles. The summed E-state index contributed by atoms with van der Waals surface area (Å²) in [6.07, 6.45) is 1.57. The van der Waals surface area contributed by atoms with Gasteiger partial charge in [0.1, 0.15) is 5.78 Å². The maximum Gasteiger partial charge on any atom is 0.135 e. The first-order valence-corrected chi connectivity index (χ1v) is 4.30. The molecule has 0 unspecified atom stereocenters. The average Bonchev–Trinajstić information content (AvgIpc) is 1.59. The summed E-state index contributed by atoms with van der Waals surface area (Å²) in [5.41, 5.74) is 0. The standard InChI is InChI=1S/C7H12OS/c1-5-3-7(8)4-6(2)9-5/h5-6H,3-4H2,1-2H3/t5-,6-/m0/s1. The van der Waals surface area contributed by atoms with Gasteiger partial charge in [0.15, 0.2) is 0 Å². The smallest absolute Gasteiger partial charge is 0.135 e. The maximum absolute atomic E-state index is 10.9. The normalized spacial score (nSPS) is 36.9. The van der Waals surface area contributed by atoms with Gasteiger partial charge in [-0.05, 0) is 0 Å². The van der Waals surface area contributed by atoms with Crippen molar-refractivity contribution in [2.45, 2.75) is 37.2 Å². The highest BCUT2D eigenvalue weighted by atomic mass is 32.2. The first kappa shape index (κ1) is 7.13. The van der Waals surface area contributed by atoms with Gasteiger partial charge in [0.25, 0.3) is 0 Å². The van der Waals surface area contributed by atoms with Gasteiger partial charge in [0.2, 0.25) is 0 Å². The fourth-order valence-electron chi connectivity index (χ4n) is 1.22. The molecule has 0 saturated carbocycles. The number of carbonyl (C=O) groups excluding carboxylic acids is 1. The van der Waals surface area contributed by atoms with Crippen molar-refractivity contribution in [3.05, 3.63) is 0 Å². The van der Waals surface area contributed by atoms with E-state index in [0.717, 1.165) is 12.8 Å². The quantitative estimate of drug-likeness (QED) is 0.516. The molecule has 0 amide bonds. The van der Waals surface area contributed by atoms with E-state index in [1.165, 1.54) is 0 Å². The van der Waals surface area contributed by atoms with E-state index in [9.17, 15) is 4.79 Å². The Morgan fingerprint density at radius 3 is 2.11 bits per heavy atom. The van der Waals surface area contributed by atoms with E-state index >= 15 is 0 Å². The zero-order chi connectivity index (χ0) is 6.85. The molecule has 2 atom stereocenters. The van der Waals surface area contributed by atoms with Gasteiger partial charge in [-0.1, -0.05) is 13.8 Å². The van der Waals surface area contributed by atoms with Crippen LogP contribution >= 0.6 is 11.8 Å².